The molecule has 0 aromatic carbocycles. The molecule has 4 N–H and O–H groups in total. The summed E-state index contributed by atoms with van der Waals surface area (Å²) in [4.78, 5) is 11.6. The molecule has 1 aliphatic rings. The van der Waals surface area contributed by atoms with E-state index in [9.17, 15) is 4.79 Å². The number of likely N-dealkylation sites (tertiary alicyclic amines) is 1. The van der Waals surface area contributed by atoms with Crippen molar-refractivity contribution in [2.75, 3.05) is 13.1 Å². The fourth-order valence-corrected chi connectivity index (χ4v) is 1.14. The quantitative estimate of drug-likeness (QED) is 0.426. The molecule has 0 unspecified atom stereocenters. The van der Waals surface area contributed by atoms with Crippen molar-refractivity contribution in [2.45, 2.75) is 18.6 Å². The van der Waals surface area contributed by atoms with Crippen molar-refractivity contribution in [3.8, 4) is 0 Å². The molecule has 64 valence electrons. The molecule has 0 saturated carbocycles. The average molecular weight is 160 g/mol. The standard InChI is InChI=1S/C6H12N2O3/c7-4-3-8(6(10)11)2-1-5(4)9/h4-5,9H,1-3,7H2,(H,10,11)/t4-,5-/m0/s1. The van der Waals surface area contributed by atoms with E-state index in [2.05, 4.69) is 0 Å². The molecule has 0 aromatic heterocycles. The van der Waals surface area contributed by atoms with Crippen LogP contribution in [0.15, 0.2) is 0 Å². The molecule has 0 bridgehead atoms. The monoisotopic (exact) mass is 160 g/mol. The minimum atomic E-state index is -0.965. The zero-order chi connectivity index (χ0) is 8.43. The highest BCUT2D eigenvalue weighted by atomic mass is 16.4. The summed E-state index contributed by atoms with van der Waals surface area (Å²) in [6.45, 7) is 0.612. The van der Waals surface area contributed by atoms with Crippen LogP contribution in [0.3, 0.4) is 0 Å². The first-order chi connectivity index (χ1) is 5.11. The van der Waals surface area contributed by atoms with Gasteiger partial charge in [-0.05, 0) is 6.42 Å². The van der Waals surface area contributed by atoms with Crippen molar-refractivity contribution in [3.05, 3.63) is 0 Å². The first kappa shape index (κ1) is 8.29. The van der Waals surface area contributed by atoms with E-state index < -0.39 is 18.2 Å². The number of nitrogens with two attached hydrogens (primary N) is 1. The Bertz CT molecular complexity index is 162. The van der Waals surface area contributed by atoms with Crippen molar-refractivity contribution >= 4 is 6.09 Å². The minimum Gasteiger partial charge on any atom is -0.465 e. The van der Waals surface area contributed by atoms with Crippen molar-refractivity contribution in [1.82, 2.24) is 4.90 Å². The molecule has 0 radical (unpaired) electrons. The van der Waals surface area contributed by atoms with Crippen LogP contribution in [0.2, 0.25) is 0 Å². The van der Waals surface area contributed by atoms with E-state index in [-0.39, 0.29) is 6.54 Å². The Morgan fingerprint density at radius 2 is 2.27 bits per heavy atom. The largest absolute Gasteiger partial charge is 0.465 e. The van der Waals surface area contributed by atoms with Crippen LogP contribution in [0.25, 0.3) is 0 Å². The second-order valence-corrected chi connectivity index (χ2v) is 2.75. The number of rotatable bonds is 0. The third-order valence-electron chi connectivity index (χ3n) is 1.89. The lowest BCUT2D eigenvalue weighted by molar-refractivity contribution is 0.0607. The number of hydrogen-bond acceptors (Lipinski definition) is 3. The number of piperidine rings is 1. The highest BCUT2D eigenvalue weighted by Gasteiger charge is 2.26. The van der Waals surface area contributed by atoms with Gasteiger partial charge >= 0.3 is 6.09 Å². The van der Waals surface area contributed by atoms with E-state index in [1.54, 1.807) is 0 Å². The number of carboxylic acid groups (broad SMARTS) is 1. The zero-order valence-electron chi connectivity index (χ0n) is 6.10. The van der Waals surface area contributed by atoms with Gasteiger partial charge in [0, 0.05) is 19.1 Å². The van der Waals surface area contributed by atoms with Crippen molar-refractivity contribution in [1.29, 1.82) is 0 Å². The minimum absolute atomic E-state index is 0.233. The van der Waals surface area contributed by atoms with Gasteiger partial charge < -0.3 is 20.8 Å². The van der Waals surface area contributed by atoms with Gasteiger partial charge in [0.2, 0.25) is 0 Å². The molecule has 11 heavy (non-hydrogen) atoms. The van der Waals surface area contributed by atoms with Crippen molar-refractivity contribution < 1.29 is 15.0 Å². The fraction of sp³-hybridized carbons (Fsp3) is 0.833. The van der Waals surface area contributed by atoms with Gasteiger partial charge in [0.05, 0.1) is 6.10 Å². The fourth-order valence-electron chi connectivity index (χ4n) is 1.14. The summed E-state index contributed by atoms with van der Waals surface area (Å²) < 4.78 is 0. The molecule has 1 aliphatic heterocycles. The maximum atomic E-state index is 10.4. The van der Waals surface area contributed by atoms with Gasteiger partial charge in [0.15, 0.2) is 0 Å². The van der Waals surface area contributed by atoms with E-state index >= 15 is 0 Å². The molecule has 1 fully saturated rings. The molecule has 1 heterocycles. The molecule has 0 aliphatic carbocycles. The number of amides is 1. The van der Waals surface area contributed by atoms with Gasteiger partial charge in [-0.2, -0.15) is 0 Å². The van der Waals surface area contributed by atoms with Gasteiger partial charge in [-0.25, -0.2) is 4.79 Å². The van der Waals surface area contributed by atoms with Crippen molar-refractivity contribution in [2.24, 2.45) is 5.73 Å². The Kier molecular flexibility index (Phi) is 2.31. The highest BCUT2D eigenvalue weighted by Crippen LogP contribution is 2.08. The predicted molar refractivity (Wildman–Crippen MR) is 38.2 cm³/mol. The van der Waals surface area contributed by atoms with Crippen LogP contribution >= 0.6 is 0 Å². The van der Waals surface area contributed by atoms with Gasteiger partial charge in [0.1, 0.15) is 0 Å². The summed E-state index contributed by atoms with van der Waals surface area (Å²) in [6.07, 6.45) is -1.08. The van der Waals surface area contributed by atoms with Crippen LogP contribution in [0, 0.1) is 0 Å². The molecule has 1 saturated heterocycles. The van der Waals surface area contributed by atoms with E-state index in [0.717, 1.165) is 0 Å². The third kappa shape index (κ3) is 1.81. The normalized spacial score (nSPS) is 32.0. The molecule has 1 rings (SSSR count). The van der Waals surface area contributed by atoms with Crippen LogP contribution in [0.5, 0.6) is 0 Å². The van der Waals surface area contributed by atoms with Gasteiger partial charge in [-0.15, -0.1) is 0 Å². The summed E-state index contributed by atoms with van der Waals surface area (Å²) in [5, 5.41) is 17.7. The van der Waals surface area contributed by atoms with Gasteiger partial charge in [0.25, 0.3) is 0 Å². The van der Waals surface area contributed by atoms with Crippen LogP contribution in [0.4, 0.5) is 4.79 Å². The molecule has 2 atom stereocenters. The lowest BCUT2D eigenvalue weighted by Gasteiger charge is -2.32. The number of hydrogen-bond donors (Lipinski definition) is 3. The van der Waals surface area contributed by atoms with E-state index in [1.165, 1.54) is 4.90 Å². The Hall–Kier alpha value is -0.810. The first-order valence-corrected chi connectivity index (χ1v) is 3.53. The molecular weight excluding hydrogens is 148 g/mol. The smallest absolute Gasteiger partial charge is 0.407 e. The van der Waals surface area contributed by atoms with Crippen molar-refractivity contribution in [3.63, 3.8) is 0 Å². The highest BCUT2D eigenvalue weighted by molar-refractivity contribution is 5.65. The summed E-state index contributed by atoms with van der Waals surface area (Å²) in [5.41, 5.74) is 5.45. The summed E-state index contributed by atoms with van der Waals surface area (Å²) in [6, 6.07) is -0.431. The van der Waals surface area contributed by atoms with E-state index in [1.807, 2.05) is 0 Å². The van der Waals surface area contributed by atoms with Crippen LogP contribution in [0.1, 0.15) is 6.42 Å². The number of aliphatic hydroxyl groups is 1. The number of aliphatic hydroxyl groups excluding tert-OH is 1. The number of nitrogens with zero attached hydrogens (tertiary/aromatic N) is 1. The van der Waals surface area contributed by atoms with Crippen LogP contribution < -0.4 is 5.73 Å². The predicted octanol–water partition coefficient (Wildman–Crippen LogP) is -0.942. The van der Waals surface area contributed by atoms with Crippen LogP contribution in [-0.2, 0) is 0 Å². The Balaban J connectivity index is 2.46. The molecule has 5 nitrogen and oxygen atoms in total. The molecule has 0 aromatic rings. The molecule has 0 spiro atoms. The topological polar surface area (TPSA) is 86.8 Å². The SMILES string of the molecule is N[C@H]1CN(C(=O)O)CC[C@@H]1O. The van der Waals surface area contributed by atoms with Gasteiger partial charge in [-0.3, -0.25) is 0 Å². The summed E-state index contributed by atoms with van der Waals surface area (Å²) >= 11 is 0. The number of carbonyl (C=O) groups is 1. The van der Waals surface area contributed by atoms with Gasteiger partial charge in [-0.1, -0.05) is 0 Å². The first-order valence-electron chi connectivity index (χ1n) is 3.53. The molecule has 1 amide bonds. The lowest BCUT2D eigenvalue weighted by atomic mass is 10.0. The Morgan fingerprint density at radius 3 is 2.73 bits per heavy atom. The maximum absolute atomic E-state index is 10.4. The molecular formula is C6H12N2O3. The zero-order valence-corrected chi connectivity index (χ0v) is 6.10. The lowest BCUT2D eigenvalue weighted by Crippen LogP contribution is -2.52. The van der Waals surface area contributed by atoms with E-state index in [4.69, 9.17) is 15.9 Å². The second-order valence-electron chi connectivity index (χ2n) is 2.75. The third-order valence-corrected chi connectivity index (χ3v) is 1.89. The summed E-state index contributed by atoms with van der Waals surface area (Å²) in [7, 11) is 0. The maximum Gasteiger partial charge on any atom is 0.407 e. The van der Waals surface area contributed by atoms with E-state index in [0.29, 0.717) is 13.0 Å². The second kappa shape index (κ2) is 3.06. The average Bonchev–Trinajstić information content (AvgIpc) is 1.94. The Morgan fingerprint density at radius 1 is 1.64 bits per heavy atom. The molecule has 5 heteroatoms. The summed E-state index contributed by atoms with van der Waals surface area (Å²) in [5.74, 6) is 0. The Labute approximate surface area is 64.4 Å². The van der Waals surface area contributed by atoms with Crippen LogP contribution in [-0.4, -0.2) is 46.4 Å².